The van der Waals surface area contributed by atoms with Gasteiger partial charge in [-0.25, -0.2) is 0 Å². The lowest BCUT2D eigenvalue weighted by Gasteiger charge is -2.15. The number of non-ortho nitro benzene ring substituents is 1. The molecule has 1 aliphatic carbocycles. The van der Waals surface area contributed by atoms with E-state index in [0.29, 0.717) is 0 Å². The van der Waals surface area contributed by atoms with Crippen LogP contribution in [0.15, 0.2) is 97.1 Å². The van der Waals surface area contributed by atoms with Crippen molar-refractivity contribution >= 4 is 16.8 Å². The number of fused-ring (bicyclic) bond motifs is 3. The maximum absolute atomic E-state index is 11.5. The molecule has 0 aromatic heterocycles. The lowest BCUT2D eigenvalue weighted by atomic mass is 9.88. The van der Waals surface area contributed by atoms with Crippen LogP contribution in [0.2, 0.25) is 0 Å². The quantitative estimate of drug-likeness (QED) is 0.250. The fourth-order valence-corrected chi connectivity index (χ4v) is 4.26. The fourth-order valence-electron chi connectivity index (χ4n) is 4.26. The number of methoxy groups -OCH3 is 1. The highest BCUT2D eigenvalue weighted by Crippen LogP contribution is 2.49. The van der Waals surface area contributed by atoms with Gasteiger partial charge in [-0.05, 0) is 62.7 Å². The molecule has 0 saturated carbocycles. The normalized spacial score (nSPS) is 13.3. The average molecular weight is 405 g/mol. The van der Waals surface area contributed by atoms with Crippen LogP contribution in [-0.2, 0) is 0 Å². The Morgan fingerprint density at radius 2 is 1.32 bits per heavy atom. The Morgan fingerprint density at radius 1 is 0.710 bits per heavy atom. The second-order valence-electron chi connectivity index (χ2n) is 7.38. The van der Waals surface area contributed by atoms with E-state index in [0.717, 1.165) is 50.3 Å². The SMILES string of the molecule is COc1ccc(/C(=C2/c3ccccc3-c3ccc([N+](=O)[O-])cc32)c2ccccc2)cc1. The third-order valence-corrected chi connectivity index (χ3v) is 5.66. The summed E-state index contributed by atoms with van der Waals surface area (Å²) in [5, 5.41) is 11.5. The zero-order valence-electron chi connectivity index (χ0n) is 16.9. The fraction of sp³-hybridized carbons (Fsp3) is 0.0370. The lowest BCUT2D eigenvalue weighted by molar-refractivity contribution is -0.384. The molecule has 0 radical (unpaired) electrons. The van der Waals surface area contributed by atoms with Gasteiger partial charge in [0.15, 0.2) is 0 Å². The molecule has 0 heterocycles. The molecule has 31 heavy (non-hydrogen) atoms. The average Bonchev–Trinajstić information content (AvgIpc) is 3.14. The largest absolute Gasteiger partial charge is 0.497 e. The summed E-state index contributed by atoms with van der Waals surface area (Å²) < 4.78 is 5.34. The van der Waals surface area contributed by atoms with Crippen LogP contribution >= 0.6 is 0 Å². The third-order valence-electron chi connectivity index (χ3n) is 5.66. The number of hydrogen-bond acceptors (Lipinski definition) is 3. The second kappa shape index (κ2) is 7.58. The van der Waals surface area contributed by atoms with Crippen molar-refractivity contribution in [3.8, 4) is 16.9 Å². The molecule has 0 saturated heterocycles. The van der Waals surface area contributed by atoms with E-state index in [4.69, 9.17) is 4.74 Å². The van der Waals surface area contributed by atoms with Gasteiger partial charge in [-0.3, -0.25) is 10.1 Å². The van der Waals surface area contributed by atoms with Crippen LogP contribution in [0.3, 0.4) is 0 Å². The van der Waals surface area contributed by atoms with E-state index in [-0.39, 0.29) is 10.6 Å². The summed E-state index contributed by atoms with van der Waals surface area (Å²) in [6, 6.07) is 31.4. The zero-order chi connectivity index (χ0) is 21.4. The molecule has 4 aromatic carbocycles. The van der Waals surface area contributed by atoms with Crippen molar-refractivity contribution in [3.05, 3.63) is 129 Å². The number of ether oxygens (including phenoxy) is 1. The molecule has 0 spiro atoms. The summed E-state index contributed by atoms with van der Waals surface area (Å²) in [6.07, 6.45) is 0. The Labute approximate surface area is 180 Å². The molecular formula is C27H19NO3. The number of rotatable bonds is 4. The molecule has 4 heteroatoms. The van der Waals surface area contributed by atoms with Crippen molar-refractivity contribution in [2.45, 2.75) is 0 Å². The van der Waals surface area contributed by atoms with E-state index in [1.807, 2.05) is 60.7 Å². The number of nitro groups is 1. The lowest BCUT2D eigenvalue weighted by Crippen LogP contribution is -1.96. The Kier molecular flexibility index (Phi) is 4.60. The summed E-state index contributed by atoms with van der Waals surface area (Å²) in [6.45, 7) is 0. The number of nitrogens with zero attached hydrogens (tertiary/aromatic N) is 1. The summed E-state index contributed by atoms with van der Waals surface area (Å²) in [5.41, 5.74) is 8.26. The molecule has 5 rings (SSSR count). The van der Waals surface area contributed by atoms with Crippen LogP contribution in [0.25, 0.3) is 22.3 Å². The second-order valence-corrected chi connectivity index (χ2v) is 7.38. The first-order chi connectivity index (χ1) is 15.2. The minimum Gasteiger partial charge on any atom is -0.497 e. The highest BCUT2D eigenvalue weighted by molar-refractivity contribution is 6.13. The van der Waals surface area contributed by atoms with Crippen LogP contribution in [-0.4, -0.2) is 12.0 Å². The van der Waals surface area contributed by atoms with Crippen LogP contribution in [0.4, 0.5) is 5.69 Å². The van der Waals surface area contributed by atoms with E-state index >= 15 is 0 Å². The third kappa shape index (κ3) is 3.19. The van der Waals surface area contributed by atoms with Crippen molar-refractivity contribution in [1.29, 1.82) is 0 Å². The highest BCUT2D eigenvalue weighted by Gasteiger charge is 2.28. The van der Waals surface area contributed by atoms with Gasteiger partial charge in [-0.1, -0.05) is 66.7 Å². The van der Waals surface area contributed by atoms with Crippen molar-refractivity contribution in [1.82, 2.24) is 0 Å². The molecular weight excluding hydrogens is 386 g/mol. The van der Waals surface area contributed by atoms with Gasteiger partial charge in [0.2, 0.25) is 0 Å². The number of hydrogen-bond donors (Lipinski definition) is 0. The molecule has 0 N–H and O–H groups in total. The first kappa shape index (κ1) is 18.8. The smallest absolute Gasteiger partial charge is 0.270 e. The zero-order valence-corrected chi connectivity index (χ0v) is 16.9. The first-order valence-electron chi connectivity index (χ1n) is 10.00. The molecule has 0 fully saturated rings. The van der Waals surface area contributed by atoms with E-state index < -0.39 is 0 Å². The van der Waals surface area contributed by atoms with E-state index in [9.17, 15) is 10.1 Å². The van der Waals surface area contributed by atoms with Crippen LogP contribution < -0.4 is 4.74 Å². The summed E-state index contributed by atoms with van der Waals surface area (Å²) in [5.74, 6) is 0.782. The van der Waals surface area contributed by atoms with Crippen molar-refractivity contribution in [2.75, 3.05) is 7.11 Å². The van der Waals surface area contributed by atoms with Crippen molar-refractivity contribution in [3.63, 3.8) is 0 Å². The van der Waals surface area contributed by atoms with Crippen molar-refractivity contribution in [2.24, 2.45) is 0 Å². The van der Waals surface area contributed by atoms with Gasteiger partial charge >= 0.3 is 0 Å². The molecule has 4 aromatic rings. The van der Waals surface area contributed by atoms with Gasteiger partial charge in [0.1, 0.15) is 5.75 Å². The maximum atomic E-state index is 11.5. The number of nitro benzene ring substituents is 1. The van der Waals surface area contributed by atoms with Gasteiger partial charge in [0.25, 0.3) is 5.69 Å². The van der Waals surface area contributed by atoms with E-state index in [1.165, 1.54) is 0 Å². The predicted octanol–water partition coefficient (Wildman–Crippen LogP) is 6.59. The van der Waals surface area contributed by atoms with Crippen LogP contribution in [0.5, 0.6) is 5.75 Å². The highest BCUT2D eigenvalue weighted by atomic mass is 16.6. The molecule has 4 nitrogen and oxygen atoms in total. The Morgan fingerprint density at radius 3 is 2.00 bits per heavy atom. The summed E-state index contributed by atoms with van der Waals surface area (Å²) in [7, 11) is 1.65. The molecule has 0 aliphatic heterocycles. The Bertz CT molecular complexity index is 1320. The van der Waals surface area contributed by atoms with Gasteiger partial charge in [0.05, 0.1) is 12.0 Å². The van der Waals surface area contributed by atoms with Crippen molar-refractivity contribution < 1.29 is 9.66 Å². The van der Waals surface area contributed by atoms with Gasteiger partial charge in [-0.15, -0.1) is 0 Å². The van der Waals surface area contributed by atoms with Crippen LogP contribution in [0.1, 0.15) is 22.3 Å². The molecule has 1 aliphatic rings. The molecule has 0 unspecified atom stereocenters. The topological polar surface area (TPSA) is 52.4 Å². The molecule has 0 amide bonds. The predicted molar refractivity (Wildman–Crippen MR) is 123 cm³/mol. The Balaban J connectivity index is 1.89. The van der Waals surface area contributed by atoms with E-state index in [2.05, 4.69) is 24.3 Å². The minimum atomic E-state index is -0.337. The first-order valence-corrected chi connectivity index (χ1v) is 10.00. The Hall–Kier alpha value is -4.18. The molecule has 0 atom stereocenters. The van der Waals surface area contributed by atoms with E-state index in [1.54, 1.807) is 19.2 Å². The van der Waals surface area contributed by atoms with Gasteiger partial charge in [0, 0.05) is 12.1 Å². The van der Waals surface area contributed by atoms with Gasteiger partial charge < -0.3 is 4.74 Å². The molecule has 0 bridgehead atoms. The summed E-state index contributed by atoms with van der Waals surface area (Å²) in [4.78, 5) is 11.2. The van der Waals surface area contributed by atoms with Gasteiger partial charge in [-0.2, -0.15) is 0 Å². The standard InChI is InChI=1S/C27H19NO3/c1-31-21-14-11-19(12-15-21)26(18-7-3-2-4-8-18)27-24-10-6-5-9-22(24)23-16-13-20(28(29)30)17-25(23)27/h2-17H,1H3/b27-26-. The number of benzene rings is 4. The van der Waals surface area contributed by atoms with Crippen LogP contribution in [0, 0.1) is 10.1 Å². The minimum absolute atomic E-state index is 0.0891. The maximum Gasteiger partial charge on any atom is 0.270 e. The summed E-state index contributed by atoms with van der Waals surface area (Å²) >= 11 is 0. The molecule has 150 valence electrons. The monoisotopic (exact) mass is 405 g/mol.